The molecule has 6 aliphatic rings. The first-order chi connectivity index (χ1) is 24.9. The number of fused-ring (bicyclic) bond motifs is 1. The van der Waals surface area contributed by atoms with Crippen molar-refractivity contribution in [2.24, 2.45) is 5.92 Å². The maximum atomic E-state index is 15.0. The van der Waals surface area contributed by atoms with Crippen molar-refractivity contribution in [1.82, 2.24) is 19.8 Å². The minimum atomic E-state index is -0.450. The van der Waals surface area contributed by atoms with Gasteiger partial charge in [-0.05, 0) is 65.9 Å². The third kappa shape index (κ3) is 6.38. The number of rotatable bonds is 2. The highest BCUT2D eigenvalue weighted by molar-refractivity contribution is 7.18. The molecular formula is C40H34F2N4O4S. The molecule has 0 saturated carbocycles. The molecule has 0 radical (unpaired) electrons. The van der Waals surface area contributed by atoms with Crippen molar-refractivity contribution < 1.29 is 27.8 Å². The number of benzene rings is 2. The molecule has 4 bridgehead atoms. The van der Waals surface area contributed by atoms with Crippen molar-refractivity contribution in [3.63, 3.8) is 0 Å². The largest absolute Gasteiger partial charge is 0.493 e. The average Bonchev–Trinajstić information content (AvgIpc) is 3.63. The molecular weight excluding hydrogens is 671 g/mol. The molecule has 6 aliphatic heterocycles. The van der Waals surface area contributed by atoms with E-state index in [1.807, 2.05) is 29.7 Å². The van der Waals surface area contributed by atoms with E-state index in [0.29, 0.717) is 78.6 Å². The Bertz CT molecular complexity index is 2230. The molecule has 11 heteroatoms. The first-order valence-corrected chi connectivity index (χ1v) is 17.8. The molecule has 2 aromatic carbocycles. The van der Waals surface area contributed by atoms with Gasteiger partial charge in [-0.15, -0.1) is 11.3 Å². The van der Waals surface area contributed by atoms with Gasteiger partial charge in [-0.25, -0.2) is 13.8 Å². The lowest BCUT2D eigenvalue weighted by Gasteiger charge is -2.31. The molecule has 0 aliphatic carbocycles. The van der Waals surface area contributed by atoms with Gasteiger partial charge in [0.2, 0.25) is 11.8 Å². The Morgan fingerprint density at radius 2 is 1.78 bits per heavy atom. The van der Waals surface area contributed by atoms with Crippen molar-refractivity contribution in [2.75, 3.05) is 32.8 Å². The van der Waals surface area contributed by atoms with E-state index in [1.54, 1.807) is 28.1 Å². The van der Waals surface area contributed by atoms with Crippen LogP contribution in [0.3, 0.4) is 0 Å². The van der Waals surface area contributed by atoms with E-state index in [9.17, 15) is 18.4 Å². The van der Waals surface area contributed by atoms with Gasteiger partial charge in [0.25, 0.3) is 0 Å². The predicted octanol–water partition coefficient (Wildman–Crippen LogP) is 7.61. The number of aromatic nitrogens is 2. The van der Waals surface area contributed by atoms with Crippen LogP contribution in [-0.2, 0) is 22.6 Å². The molecule has 258 valence electrons. The average molecular weight is 705 g/mol. The van der Waals surface area contributed by atoms with Crippen molar-refractivity contribution in [3.8, 4) is 45.1 Å². The summed E-state index contributed by atoms with van der Waals surface area (Å²) in [6.07, 6.45) is 8.49. The topological polar surface area (TPSA) is 84.9 Å². The highest BCUT2D eigenvalue weighted by Gasteiger charge is 2.29. The molecule has 1 saturated heterocycles. The number of thiophene rings is 1. The van der Waals surface area contributed by atoms with Crippen LogP contribution in [0.5, 0.6) is 11.5 Å². The fraction of sp³-hybridized carbons (Fsp3) is 0.250. The van der Waals surface area contributed by atoms with Crippen LogP contribution in [0.25, 0.3) is 43.7 Å². The van der Waals surface area contributed by atoms with E-state index >= 15 is 0 Å². The molecule has 5 aromatic rings. The summed E-state index contributed by atoms with van der Waals surface area (Å²) in [5.41, 5.74) is 5.60. The molecule has 51 heavy (non-hydrogen) atoms. The molecule has 3 aromatic heterocycles. The molecule has 8 nitrogen and oxygen atoms in total. The van der Waals surface area contributed by atoms with Crippen molar-refractivity contribution in [3.05, 3.63) is 108 Å². The van der Waals surface area contributed by atoms with Gasteiger partial charge in [0.15, 0.2) is 0 Å². The number of pyridine rings is 2. The highest BCUT2D eigenvalue weighted by atomic mass is 32.1. The van der Waals surface area contributed by atoms with E-state index in [-0.39, 0.29) is 30.9 Å². The lowest BCUT2D eigenvalue weighted by Crippen LogP contribution is -2.40. The van der Waals surface area contributed by atoms with Gasteiger partial charge >= 0.3 is 0 Å². The molecule has 1 unspecified atom stereocenters. The number of nitrogens with zero attached hydrogens (tertiary/aromatic N) is 4. The van der Waals surface area contributed by atoms with Gasteiger partial charge in [-0.2, -0.15) is 0 Å². The van der Waals surface area contributed by atoms with Crippen LogP contribution in [-0.4, -0.2) is 64.4 Å². The van der Waals surface area contributed by atoms with Gasteiger partial charge < -0.3 is 19.3 Å². The summed E-state index contributed by atoms with van der Waals surface area (Å²) in [5, 5.41) is 2.78. The normalized spacial score (nSPS) is 18.1. The molecule has 11 rings (SSSR count). The third-order valence-corrected chi connectivity index (χ3v) is 10.7. The second-order valence-electron chi connectivity index (χ2n) is 13.0. The summed E-state index contributed by atoms with van der Waals surface area (Å²) in [6.45, 7) is 6.01. The zero-order valence-electron chi connectivity index (χ0n) is 27.7. The maximum absolute atomic E-state index is 15.0. The van der Waals surface area contributed by atoms with Gasteiger partial charge in [-0.1, -0.05) is 12.7 Å². The number of amides is 2. The number of carbonyl (C=O) groups excluding carboxylic acids is 2. The van der Waals surface area contributed by atoms with Crippen LogP contribution in [0.2, 0.25) is 0 Å². The van der Waals surface area contributed by atoms with E-state index < -0.39 is 11.6 Å². The van der Waals surface area contributed by atoms with E-state index in [2.05, 4.69) is 6.58 Å². The van der Waals surface area contributed by atoms with Gasteiger partial charge in [0.05, 0.1) is 18.0 Å². The third-order valence-electron chi connectivity index (χ3n) is 9.74. The summed E-state index contributed by atoms with van der Waals surface area (Å²) >= 11 is 1.51. The Morgan fingerprint density at radius 3 is 2.59 bits per heavy atom. The van der Waals surface area contributed by atoms with Crippen molar-refractivity contribution in [1.29, 1.82) is 0 Å². The molecule has 1 atom stereocenters. The summed E-state index contributed by atoms with van der Waals surface area (Å²) in [5.74, 6) is -0.391. The first-order valence-electron chi connectivity index (χ1n) is 16.9. The number of hydrogen-bond acceptors (Lipinski definition) is 7. The lowest BCUT2D eigenvalue weighted by atomic mass is 9.94. The Morgan fingerprint density at radius 1 is 0.980 bits per heavy atom. The highest BCUT2D eigenvalue weighted by Crippen LogP contribution is 2.47. The van der Waals surface area contributed by atoms with Crippen LogP contribution < -0.4 is 9.47 Å². The maximum Gasteiger partial charge on any atom is 0.246 e. The summed E-state index contributed by atoms with van der Waals surface area (Å²) < 4.78 is 43.2. The van der Waals surface area contributed by atoms with E-state index in [0.717, 1.165) is 33.3 Å². The number of halogens is 2. The van der Waals surface area contributed by atoms with Crippen LogP contribution in [0, 0.1) is 17.6 Å². The zero-order valence-corrected chi connectivity index (χ0v) is 28.6. The van der Waals surface area contributed by atoms with E-state index in [4.69, 9.17) is 19.4 Å². The van der Waals surface area contributed by atoms with Crippen LogP contribution in [0.1, 0.15) is 24.1 Å². The van der Waals surface area contributed by atoms with Crippen LogP contribution >= 0.6 is 11.3 Å². The van der Waals surface area contributed by atoms with Gasteiger partial charge in [-0.3, -0.25) is 14.6 Å². The fourth-order valence-corrected chi connectivity index (χ4v) is 8.04. The van der Waals surface area contributed by atoms with E-state index in [1.165, 1.54) is 41.7 Å². The lowest BCUT2D eigenvalue weighted by molar-refractivity contribution is -0.134. The standard InChI is InChI=1S/C40H34F2N4O4S/c1-2-35(47)46-14-10-32-26(22-46)18-25(21-43-32)38-37-29-7-5-27(41)19-33(29)50-23-24-9-13-45(36(48)17-24)12-3-4-15-49-34-20-28(42)6-8-30(34)39(44-38)31-11-16-51-40(31)37/h2-8,11,16,18-21,24H,1,9-10,12-15,17,22-23H2/b4-3+. The summed E-state index contributed by atoms with van der Waals surface area (Å²) in [6, 6.07) is 12.9. The predicted molar refractivity (Wildman–Crippen MR) is 192 cm³/mol. The minimum Gasteiger partial charge on any atom is -0.493 e. The summed E-state index contributed by atoms with van der Waals surface area (Å²) in [4.78, 5) is 39.3. The second kappa shape index (κ2) is 13.7. The molecule has 9 heterocycles. The Kier molecular flexibility index (Phi) is 8.81. The number of carbonyl (C=O) groups is 2. The van der Waals surface area contributed by atoms with Crippen molar-refractivity contribution in [2.45, 2.75) is 25.8 Å². The monoisotopic (exact) mass is 704 g/mol. The number of piperidine rings is 1. The first kappa shape index (κ1) is 32.8. The van der Waals surface area contributed by atoms with Gasteiger partial charge in [0, 0.05) is 101 Å². The SMILES string of the molecule is C=CC(=O)N1CCc2ncc(-c3nc4c5ccsc5c3-c3ccc(F)cc3OCC3CCN(C/C=C/COc5cc(F)ccc5-4)C(=O)C3)cc2C1. The van der Waals surface area contributed by atoms with Crippen molar-refractivity contribution >= 4 is 33.2 Å². The van der Waals surface area contributed by atoms with Gasteiger partial charge in [0.1, 0.15) is 29.7 Å². The molecule has 2 amide bonds. The molecule has 0 N–H and O–H groups in total. The Balaban J connectivity index is 1.36. The fourth-order valence-electron chi connectivity index (χ4n) is 7.09. The van der Waals surface area contributed by atoms with Crippen LogP contribution in [0.4, 0.5) is 8.78 Å². The second-order valence-corrected chi connectivity index (χ2v) is 13.9. The zero-order chi connectivity index (χ0) is 35.1. The molecule has 1 fully saturated rings. The quantitative estimate of drug-likeness (QED) is 0.139. The Labute approximate surface area is 297 Å². The smallest absolute Gasteiger partial charge is 0.246 e. The molecule has 0 spiro atoms. The number of ether oxygens (including phenoxy) is 2. The van der Waals surface area contributed by atoms with Crippen LogP contribution in [0.15, 0.2) is 84.9 Å². The minimum absolute atomic E-state index is 0.0283. The Hall–Kier alpha value is -5.42. The summed E-state index contributed by atoms with van der Waals surface area (Å²) in [7, 11) is 0. The number of hydrogen-bond donors (Lipinski definition) is 0.